The van der Waals surface area contributed by atoms with Gasteiger partial charge in [-0.25, -0.2) is 14.6 Å². The lowest BCUT2D eigenvalue weighted by atomic mass is 10.1. The minimum Gasteiger partial charge on any atom is -0.489 e. The van der Waals surface area contributed by atoms with E-state index in [2.05, 4.69) is 40.7 Å². The predicted molar refractivity (Wildman–Crippen MR) is 126 cm³/mol. The van der Waals surface area contributed by atoms with Crippen LogP contribution in [0.15, 0.2) is 93.1 Å². The molecule has 0 atom stereocenters. The smallest absolute Gasteiger partial charge is 0.440 e. The van der Waals surface area contributed by atoms with Gasteiger partial charge in [-0.15, -0.1) is 4.74 Å². The van der Waals surface area contributed by atoms with E-state index in [-0.39, 0.29) is 6.54 Å². The highest BCUT2D eigenvalue weighted by Crippen LogP contribution is 2.28. The van der Waals surface area contributed by atoms with Gasteiger partial charge < -0.3 is 13.8 Å². The lowest BCUT2D eigenvalue weighted by Crippen LogP contribution is -2.17. The van der Waals surface area contributed by atoms with Crippen molar-refractivity contribution in [2.45, 2.75) is 26.6 Å². The van der Waals surface area contributed by atoms with Crippen LogP contribution in [0.25, 0.3) is 10.9 Å². The number of nitrogens with one attached hydrogen (secondary N) is 1. The average molecular weight is 441 g/mol. The Balaban J connectivity index is 1.50. The summed E-state index contributed by atoms with van der Waals surface area (Å²) in [7, 11) is 0. The maximum atomic E-state index is 12.0. The lowest BCUT2D eigenvalue weighted by molar-refractivity contribution is 0.258. The summed E-state index contributed by atoms with van der Waals surface area (Å²) in [5.41, 5.74) is 4.72. The van der Waals surface area contributed by atoms with E-state index in [0.717, 1.165) is 38.1 Å². The van der Waals surface area contributed by atoms with Gasteiger partial charge in [0.25, 0.3) is 0 Å². The molecule has 3 aromatic carbocycles. The Hall–Kier alpha value is -4.26. The second-order valence-electron chi connectivity index (χ2n) is 8.07. The van der Waals surface area contributed by atoms with Crippen LogP contribution in [-0.4, -0.2) is 14.3 Å². The molecule has 0 aliphatic heterocycles. The number of aryl methyl sites for hydroxylation is 1. The molecule has 2 aromatic heterocycles. The predicted octanol–water partition coefficient (Wildman–Crippen LogP) is 4.07. The van der Waals surface area contributed by atoms with Crippen LogP contribution in [0.1, 0.15) is 22.3 Å². The van der Waals surface area contributed by atoms with Crippen LogP contribution < -0.4 is 16.2 Å². The Morgan fingerprint density at radius 2 is 1.73 bits per heavy atom. The number of aromatic nitrogens is 3. The van der Waals surface area contributed by atoms with E-state index in [1.807, 2.05) is 54.7 Å². The van der Waals surface area contributed by atoms with E-state index in [9.17, 15) is 9.59 Å². The minimum absolute atomic E-state index is 0.136. The fourth-order valence-electron chi connectivity index (χ4n) is 4.02. The second-order valence-corrected chi connectivity index (χ2v) is 8.07. The number of rotatable bonds is 7. The molecular formula is C26H23N3O4. The summed E-state index contributed by atoms with van der Waals surface area (Å²) < 4.78 is 14.2. The molecule has 7 nitrogen and oxygen atoms in total. The topological polar surface area (TPSA) is 82.2 Å². The van der Waals surface area contributed by atoms with Crippen molar-refractivity contribution in [3.05, 3.63) is 122 Å². The Labute approximate surface area is 189 Å². The molecule has 0 spiro atoms. The third-order valence-corrected chi connectivity index (χ3v) is 5.56. The van der Waals surface area contributed by atoms with Crippen molar-refractivity contribution < 1.29 is 9.26 Å². The average Bonchev–Trinajstić information content (AvgIpc) is 3.31. The molecule has 0 saturated heterocycles. The number of hydrogen-bond donors (Lipinski definition) is 1. The normalized spacial score (nSPS) is 11.2. The fraction of sp³-hybridized carbons (Fsp3) is 0.154. The van der Waals surface area contributed by atoms with Crippen molar-refractivity contribution >= 4 is 10.9 Å². The summed E-state index contributed by atoms with van der Waals surface area (Å²) in [4.78, 5) is 25.6. The molecule has 0 unspecified atom stereocenters. The first-order valence-electron chi connectivity index (χ1n) is 10.7. The van der Waals surface area contributed by atoms with Gasteiger partial charge in [0.15, 0.2) is 0 Å². The van der Waals surface area contributed by atoms with E-state index >= 15 is 0 Å². The number of H-pyrrole nitrogens is 1. The molecule has 0 aliphatic carbocycles. The van der Waals surface area contributed by atoms with Gasteiger partial charge in [-0.05, 0) is 36.2 Å². The highest BCUT2D eigenvalue weighted by atomic mass is 16.5. The number of hydrogen-bond acceptors (Lipinski definition) is 4. The van der Waals surface area contributed by atoms with Gasteiger partial charge in [-0.2, -0.15) is 0 Å². The van der Waals surface area contributed by atoms with E-state index in [0.29, 0.717) is 13.2 Å². The molecule has 7 heteroatoms. The molecule has 2 heterocycles. The quantitative estimate of drug-likeness (QED) is 0.413. The second kappa shape index (κ2) is 8.70. The maximum absolute atomic E-state index is 12.0. The fourth-order valence-corrected chi connectivity index (χ4v) is 4.02. The molecule has 0 aliphatic rings. The Kier molecular flexibility index (Phi) is 5.44. The van der Waals surface area contributed by atoms with Crippen molar-refractivity contribution in [1.82, 2.24) is 14.3 Å². The number of fused-ring (bicyclic) bond motifs is 1. The van der Waals surface area contributed by atoms with E-state index in [4.69, 9.17) is 9.26 Å². The molecule has 0 amide bonds. The maximum Gasteiger partial charge on any atom is 0.440 e. The van der Waals surface area contributed by atoms with Crippen LogP contribution in [0.5, 0.6) is 5.75 Å². The highest BCUT2D eigenvalue weighted by Gasteiger charge is 2.14. The first kappa shape index (κ1) is 20.6. The molecule has 1 N–H and O–H groups in total. The summed E-state index contributed by atoms with van der Waals surface area (Å²) in [5, 5.41) is 0.934. The van der Waals surface area contributed by atoms with Crippen LogP contribution in [-0.2, 0) is 19.7 Å². The Bertz CT molecular complexity index is 1520. The van der Waals surface area contributed by atoms with Crippen LogP contribution in [0.3, 0.4) is 0 Å². The van der Waals surface area contributed by atoms with Crippen molar-refractivity contribution in [1.29, 1.82) is 0 Å². The van der Waals surface area contributed by atoms with Crippen molar-refractivity contribution in [2.75, 3.05) is 0 Å². The van der Waals surface area contributed by atoms with Crippen molar-refractivity contribution in [3.63, 3.8) is 0 Å². The van der Waals surface area contributed by atoms with Gasteiger partial charge in [0.2, 0.25) is 0 Å². The summed E-state index contributed by atoms with van der Waals surface area (Å²) in [5.74, 6) is -0.0409. The molecule has 166 valence electrons. The van der Waals surface area contributed by atoms with Gasteiger partial charge in [0, 0.05) is 29.2 Å². The Morgan fingerprint density at radius 1 is 0.909 bits per heavy atom. The highest BCUT2D eigenvalue weighted by molar-refractivity contribution is 5.85. The third-order valence-electron chi connectivity index (χ3n) is 5.56. The molecule has 0 radical (unpaired) electrons. The zero-order chi connectivity index (χ0) is 22.8. The largest absolute Gasteiger partial charge is 0.489 e. The van der Waals surface area contributed by atoms with Crippen molar-refractivity contribution in [3.8, 4) is 5.75 Å². The summed E-state index contributed by atoms with van der Waals surface area (Å²) >= 11 is 0. The number of aromatic amines is 1. The standard InChI is InChI=1S/C26H23N3O4/c1-18-6-5-9-20(12-18)17-32-22-10-11-24-23(13-22)21(16-29-25(30)27-26(31)33-29)15-28(24)14-19-7-3-2-4-8-19/h2-13,15H,14,16-17H2,1H3,(H,27,30,31). The molecule has 33 heavy (non-hydrogen) atoms. The number of nitrogens with zero attached hydrogens (tertiary/aromatic N) is 2. The molecular weight excluding hydrogens is 418 g/mol. The Morgan fingerprint density at radius 3 is 2.48 bits per heavy atom. The van der Waals surface area contributed by atoms with Gasteiger partial charge in [0.1, 0.15) is 12.4 Å². The zero-order valence-corrected chi connectivity index (χ0v) is 18.2. The first-order chi connectivity index (χ1) is 16.0. The van der Waals surface area contributed by atoms with Crippen LogP contribution >= 0.6 is 0 Å². The molecule has 0 saturated carbocycles. The van der Waals surface area contributed by atoms with Gasteiger partial charge >= 0.3 is 11.4 Å². The van der Waals surface area contributed by atoms with Gasteiger partial charge in [-0.3, -0.25) is 0 Å². The number of ether oxygens (including phenoxy) is 1. The van der Waals surface area contributed by atoms with Crippen LogP contribution in [0.4, 0.5) is 0 Å². The monoisotopic (exact) mass is 441 g/mol. The molecule has 0 fully saturated rings. The molecule has 5 aromatic rings. The summed E-state index contributed by atoms with van der Waals surface area (Å²) in [6.07, 6.45) is 1.99. The SMILES string of the molecule is Cc1cccc(COc2ccc3c(c2)c(Cn2oc(=O)[nH]c2=O)cn3Cc2ccccc2)c1. The van der Waals surface area contributed by atoms with Crippen molar-refractivity contribution in [2.24, 2.45) is 0 Å². The first-order valence-corrected chi connectivity index (χ1v) is 10.7. The van der Waals surface area contributed by atoms with E-state index in [1.54, 1.807) is 0 Å². The van der Waals surface area contributed by atoms with Crippen LogP contribution in [0, 0.1) is 6.92 Å². The zero-order valence-electron chi connectivity index (χ0n) is 18.2. The van der Waals surface area contributed by atoms with Crippen LogP contribution in [0.2, 0.25) is 0 Å². The van der Waals surface area contributed by atoms with E-state index in [1.165, 1.54) is 5.56 Å². The molecule has 0 bridgehead atoms. The lowest BCUT2D eigenvalue weighted by Gasteiger charge is -2.09. The minimum atomic E-state index is -0.768. The summed E-state index contributed by atoms with van der Waals surface area (Å²) in [6.45, 7) is 3.32. The van der Waals surface area contributed by atoms with Gasteiger partial charge in [0.05, 0.1) is 6.54 Å². The number of benzene rings is 3. The van der Waals surface area contributed by atoms with E-state index < -0.39 is 11.4 Å². The summed E-state index contributed by atoms with van der Waals surface area (Å²) in [6, 6.07) is 24.3. The third kappa shape index (κ3) is 4.52. The van der Waals surface area contributed by atoms with Gasteiger partial charge in [-0.1, -0.05) is 60.2 Å². The molecule has 5 rings (SSSR count).